The molecular formula is C16H20ClN3O2. The first kappa shape index (κ1) is 16.6. The van der Waals surface area contributed by atoms with Gasteiger partial charge in [0.05, 0.1) is 10.6 Å². The second kappa shape index (κ2) is 7.48. The van der Waals surface area contributed by atoms with Crippen molar-refractivity contribution in [3.8, 4) is 6.07 Å². The van der Waals surface area contributed by atoms with Gasteiger partial charge in [-0.1, -0.05) is 11.6 Å². The number of benzene rings is 1. The lowest BCUT2D eigenvalue weighted by Gasteiger charge is -2.34. The Morgan fingerprint density at radius 3 is 2.68 bits per heavy atom. The van der Waals surface area contributed by atoms with E-state index in [2.05, 4.69) is 5.32 Å². The molecule has 0 saturated heterocycles. The van der Waals surface area contributed by atoms with Crippen LogP contribution in [0.5, 0.6) is 0 Å². The molecule has 2 rings (SSSR count). The molecule has 0 bridgehead atoms. The minimum atomic E-state index is -0.187. The van der Waals surface area contributed by atoms with E-state index < -0.39 is 0 Å². The van der Waals surface area contributed by atoms with Crippen LogP contribution in [0, 0.1) is 17.2 Å². The summed E-state index contributed by atoms with van der Waals surface area (Å²) in [4.78, 5) is 14.0. The molecule has 1 fully saturated rings. The summed E-state index contributed by atoms with van der Waals surface area (Å²) in [6, 6.07) is 6.82. The largest absolute Gasteiger partial charge is 0.396 e. The monoisotopic (exact) mass is 321 g/mol. The van der Waals surface area contributed by atoms with Crippen molar-refractivity contribution >= 4 is 23.3 Å². The fourth-order valence-corrected chi connectivity index (χ4v) is 3.00. The van der Waals surface area contributed by atoms with Gasteiger partial charge in [0.1, 0.15) is 6.07 Å². The zero-order valence-corrected chi connectivity index (χ0v) is 13.3. The molecule has 6 heteroatoms. The molecule has 0 spiro atoms. The number of carbonyl (C=O) groups is 1. The summed E-state index contributed by atoms with van der Waals surface area (Å²) in [6.07, 6.45) is 3.70. The summed E-state index contributed by atoms with van der Waals surface area (Å²) in [5.41, 5.74) is 0.959. The van der Waals surface area contributed by atoms with E-state index in [1.807, 2.05) is 6.07 Å². The molecule has 22 heavy (non-hydrogen) atoms. The molecule has 118 valence electrons. The first-order chi connectivity index (χ1) is 10.5. The Morgan fingerprint density at radius 1 is 1.45 bits per heavy atom. The molecule has 1 saturated carbocycles. The fraction of sp³-hybridized carbons (Fsp3) is 0.500. The maximum atomic E-state index is 12.3. The van der Waals surface area contributed by atoms with Gasteiger partial charge in [-0.25, -0.2) is 4.79 Å². The van der Waals surface area contributed by atoms with E-state index in [0.29, 0.717) is 22.2 Å². The number of hydrogen-bond acceptors (Lipinski definition) is 3. The van der Waals surface area contributed by atoms with Gasteiger partial charge in [0.15, 0.2) is 0 Å². The quantitative estimate of drug-likeness (QED) is 0.897. The number of nitrogens with zero attached hydrogens (tertiary/aromatic N) is 2. The number of carbonyl (C=O) groups excluding carboxylic acids is 1. The number of halogens is 1. The summed E-state index contributed by atoms with van der Waals surface area (Å²) < 4.78 is 0. The van der Waals surface area contributed by atoms with Gasteiger partial charge in [0, 0.05) is 25.4 Å². The average molecular weight is 322 g/mol. The highest BCUT2D eigenvalue weighted by atomic mass is 35.5. The van der Waals surface area contributed by atoms with Crippen LogP contribution in [0.25, 0.3) is 0 Å². The van der Waals surface area contributed by atoms with Crippen LogP contribution in [0.2, 0.25) is 5.02 Å². The number of rotatable bonds is 3. The Bertz CT molecular complexity index is 577. The van der Waals surface area contributed by atoms with Crippen molar-refractivity contribution in [2.24, 2.45) is 5.92 Å². The Morgan fingerprint density at radius 2 is 2.14 bits per heavy atom. The first-order valence-corrected chi connectivity index (χ1v) is 7.77. The van der Waals surface area contributed by atoms with Crippen molar-refractivity contribution in [2.45, 2.75) is 31.7 Å². The molecule has 0 atom stereocenters. The van der Waals surface area contributed by atoms with Gasteiger partial charge in [-0.2, -0.15) is 5.26 Å². The molecule has 0 unspecified atom stereocenters. The molecule has 0 aromatic heterocycles. The van der Waals surface area contributed by atoms with Gasteiger partial charge in [-0.05, 0) is 49.8 Å². The summed E-state index contributed by atoms with van der Waals surface area (Å²) in [6.45, 7) is 0.229. The predicted molar refractivity (Wildman–Crippen MR) is 85.8 cm³/mol. The van der Waals surface area contributed by atoms with Crippen molar-refractivity contribution in [1.29, 1.82) is 5.26 Å². The van der Waals surface area contributed by atoms with Crippen LogP contribution in [-0.4, -0.2) is 35.7 Å². The number of anilines is 1. The third-order valence-corrected chi connectivity index (χ3v) is 4.60. The number of urea groups is 1. The standard InChI is InChI=1S/C16H20ClN3O2/c1-20(14-6-2-11(10-21)3-7-14)16(22)19-13-5-4-12(9-18)15(17)8-13/h4-5,8,11,14,21H,2-3,6-7,10H2,1H3,(H,19,22). The number of nitrogens with one attached hydrogen (secondary N) is 1. The number of amides is 2. The summed E-state index contributed by atoms with van der Waals surface area (Å²) in [5, 5.41) is 21.1. The van der Waals surface area contributed by atoms with Crippen molar-refractivity contribution in [2.75, 3.05) is 19.0 Å². The molecule has 1 aliphatic carbocycles. The Kier molecular flexibility index (Phi) is 5.64. The molecule has 2 N–H and O–H groups in total. The normalized spacial score (nSPS) is 21.0. The molecule has 0 radical (unpaired) electrons. The Balaban J connectivity index is 1.94. The van der Waals surface area contributed by atoms with E-state index in [-0.39, 0.29) is 18.7 Å². The highest BCUT2D eigenvalue weighted by Gasteiger charge is 2.26. The van der Waals surface area contributed by atoms with Crippen molar-refractivity contribution < 1.29 is 9.90 Å². The van der Waals surface area contributed by atoms with Gasteiger partial charge in [-0.3, -0.25) is 0 Å². The second-order valence-corrected chi connectivity index (χ2v) is 6.11. The Hall–Kier alpha value is -1.77. The highest BCUT2D eigenvalue weighted by Crippen LogP contribution is 2.27. The van der Waals surface area contributed by atoms with E-state index in [4.69, 9.17) is 22.0 Å². The first-order valence-electron chi connectivity index (χ1n) is 7.39. The highest BCUT2D eigenvalue weighted by molar-refractivity contribution is 6.32. The van der Waals surface area contributed by atoms with Gasteiger partial charge >= 0.3 is 6.03 Å². The lowest BCUT2D eigenvalue weighted by molar-refractivity contribution is 0.139. The van der Waals surface area contributed by atoms with E-state index in [1.54, 1.807) is 30.1 Å². The minimum Gasteiger partial charge on any atom is -0.396 e. The fourth-order valence-electron chi connectivity index (χ4n) is 2.78. The van der Waals surface area contributed by atoms with E-state index in [1.165, 1.54) is 0 Å². The van der Waals surface area contributed by atoms with E-state index in [9.17, 15) is 4.79 Å². The third-order valence-electron chi connectivity index (χ3n) is 4.28. The summed E-state index contributed by atoms with van der Waals surface area (Å²) in [7, 11) is 1.78. The molecule has 1 aliphatic rings. The Labute approximate surface area is 135 Å². The van der Waals surface area contributed by atoms with E-state index >= 15 is 0 Å². The lowest BCUT2D eigenvalue weighted by atomic mass is 9.86. The number of aliphatic hydroxyl groups excluding tert-OH is 1. The van der Waals surface area contributed by atoms with Crippen LogP contribution in [0.4, 0.5) is 10.5 Å². The number of nitriles is 1. The minimum absolute atomic E-state index is 0.187. The molecule has 5 nitrogen and oxygen atoms in total. The van der Waals surface area contributed by atoms with Crippen molar-refractivity contribution in [1.82, 2.24) is 4.90 Å². The van der Waals surface area contributed by atoms with Gasteiger partial charge in [-0.15, -0.1) is 0 Å². The van der Waals surface area contributed by atoms with E-state index in [0.717, 1.165) is 25.7 Å². The third kappa shape index (κ3) is 3.90. The molecular weight excluding hydrogens is 302 g/mol. The van der Waals surface area contributed by atoms with Gasteiger partial charge in [0.2, 0.25) is 0 Å². The summed E-state index contributed by atoms with van der Waals surface area (Å²) >= 11 is 5.96. The predicted octanol–water partition coefficient (Wildman–Crippen LogP) is 3.23. The van der Waals surface area contributed by atoms with Crippen LogP contribution >= 0.6 is 11.6 Å². The molecule has 0 aliphatic heterocycles. The molecule has 1 aromatic carbocycles. The van der Waals surface area contributed by atoms with Crippen LogP contribution in [0.3, 0.4) is 0 Å². The van der Waals surface area contributed by atoms with Crippen LogP contribution < -0.4 is 5.32 Å². The topological polar surface area (TPSA) is 76.4 Å². The smallest absolute Gasteiger partial charge is 0.321 e. The molecule has 2 amide bonds. The lowest BCUT2D eigenvalue weighted by Crippen LogP contribution is -2.42. The van der Waals surface area contributed by atoms with Gasteiger partial charge < -0.3 is 15.3 Å². The van der Waals surface area contributed by atoms with Crippen molar-refractivity contribution in [3.05, 3.63) is 28.8 Å². The van der Waals surface area contributed by atoms with Crippen molar-refractivity contribution in [3.63, 3.8) is 0 Å². The molecule has 0 heterocycles. The number of aliphatic hydroxyl groups is 1. The maximum Gasteiger partial charge on any atom is 0.321 e. The number of hydrogen-bond donors (Lipinski definition) is 2. The maximum absolute atomic E-state index is 12.3. The summed E-state index contributed by atoms with van der Waals surface area (Å²) in [5.74, 6) is 0.366. The van der Waals surface area contributed by atoms with Crippen LogP contribution in [-0.2, 0) is 0 Å². The van der Waals surface area contributed by atoms with Crippen LogP contribution in [0.1, 0.15) is 31.2 Å². The average Bonchev–Trinajstić information content (AvgIpc) is 2.54. The zero-order chi connectivity index (χ0) is 16.1. The SMILES string of the molecule is CN(C(=O)Nc1ccc(C#N)c(Cl)c1)C1CCC(CO)CC1. The van der Waals surface area contributed by atoms with Gasteiger partial charge in [0.25, 0.3) is 0 Å². The molecule has 1 aromatic rings. The second-order valence-electron chi connectivity index (χ2n) is 5.70. The van der Waals surface area contributed by atoms with Crippen LogP contribution in [0.15, 0.2) is 18.2 Å². The zero-order valence-electron chi connectivity index (χ0n) is 12.6.